The van der Waals surface area contributed by atoms with Gasteiger partial charge in [0.25, 0.3) is 0 Å². The number of aromatic nitrogens is 3. The van der Waals surface area contributed by atoms with Crippen molar-refractivity contribution in [3.05, 3.63) is 54.6 Å². The molecule has 0 spiro atoms. The summed E-state index contributed by atoms with van der Waals surface area (Å²) in [7, 11) is 0. The maximum Gasteiger partial charge on any atom is 0.356 e. The van der Waals surface area contributed by atoms with Crippen molar-refractivity contribution in [1.82, 2.24) is 14.4 Å². The highest BCUT2D eigenvalue weighted by atomic mass is 16.5. The summed E-state index contributed by atoms with van der Waals surface area (Å²) in [6, 6.07) is 9.73. The number of aromatic carboxylic acids is 1. The topological polar surface area (TPSA) is 80.0 Å². The molecule has 1 saturated heterocycles. The summed E-state index contributed by atoms with van der Waals surface area (Å²) in [5, 5.41) is 9.12. The number of hydrogen-bond acceptors (Lipinski definition) is 5. The number of hydrogen-bond donors (Lipinski definition) is 1. The second-order valence-corrected chi connectivity index (χ2v) is 5.70. The van der Waals surface area contributed by atoms with Crippen molar-refractivity contribution in [2.45, 2.75) is 12.5 Å². The van der Waals surface area contributed by atoms with Gasteiger partial charge in [0.15, 0.2) is 17.2 Å². The number of nitrogens with zero attached hydrogens (tertiary/aromatic N) is 4. The minimum atomic E-state index is -1.05. The molecule has 4 rings (SSSR count). The molecule has 7 heteroatoms. The van der Waals surface area contributed by atoms with E-state index in [1.54, 1.807) is 16.8 Å². The number of imidazole rings is 1. The van der Waals surface area contributed by atoms with Crippen LogP contribution in [0.2, 0.25) is 0 Å². The Morgan fingerprint density at radius 3 is 2.92 bits per heavy atom. The molecule has 0 radical (unpaired) electrons. The normalized spacial score (nSPS) is 17.3. The lowest BCUT2D eigenvalue weighted by atomic mass is 10.3. The van der Waals surface area contributed by atoms with Crippen LogP contribution in [0.5, 0.6) is 5.75 Å². The molecule has 1 aliphatic heterocycles. The van der Waals surface area contributed by atoms with E-state index in [1.165, 1.54) is 6.20 Å². The smallest absolute Gasteiger partial charge is 0.356 e. The number of rotatable bonds is 4. The minimum Gasteiger partial charge on any atom is -0.489 e. The third-order valence-electron chi connectivity index (χ3n) is 4.07. The highest BCUT2D eigenvalue weighted by molar-refractivity contribution is 5.87. The van der Waals surface area contributed by atoms with E-state index in [0.29, 0.717) is 18.0 Å². The molecule has 0 bridgehead atoms. The number of para-hydroxylation sites is 1. The van der Waals surface area contributed by atoms with Crippen LogP contribution in [-0.4, -0.2) is 44.6 Å². The first-order valence-electron chi connectivity index (χ1n) is 7.74. The van der Waals surface area contributed by atoms with Crippen LogP contribution < -0.4 is 9.64 Å². The van der Waals surface area contributed by atoms with Gasteiger partial charge in [0, 0.05) is 31.6 Å². The Labute approximate surface area is 138 Å². The van der Waals surface area contributed by atoms with Crippen LogP contribution in [0.15, 0.2) is 48.9 Å². The molecule has 3 heterocycles. The standard InChI is InChI=1S/C17H16N4O3/c22-17(23)14-11-21-9-7-18-15(16(21)19-14)20-8-6-13(10-20)24-12-4-2-1-3-5-12/h1-5,7,9,11,13H,6,8,10H2,(H,22,23)/t13-/m1/s1. The fourth-order valence-corrected chi connectivity index (χ4v) is 2.94. The molecule has 0 unspecified atom stereocenters. The van der Waals surface area contributed by atoms with E-state index < -0.39 is 5.97 Å². The van der Waals surface area contributed by atoms with E-state index in [2.05, 4.69) is 14.9 Å². The van der Waals surface area contributed by atoms with Crippen molar-refractivity contribution in [1.29, 1.82) is 0 Å². The van der Waals surface area contributed by atoms with Gasteiger partial charge in [0.2, 0.25) is 0 Å². The van der Waals surface area contributed by atoms with Crippen molar-refractivity contribution < 1.29 is 14.6 Å². The van der Waals surface area contributed by atoms with Crippen molar-refractivity contribution >= 4 is 17.4 Å². The monoisotopic (exact) mass is 324 g/mol. The minimum absolute atomic E-state index is 0.0144. The molecule has 2 aromatic heterocycles. The van der Waals surface area contributed by atoms with E-state index in [0.717, 1.165) is 18.7 Å². The summed E-state index contributed by atoms with van der Waals surface area (Å²) in [6.07, 6.45) is 5.80. The third kappa shape index (κ3) is 2.64. The molecule has 1 atom stereocenters. The molecule has 1 aromatic carbocycles. The molecule has 24 heavy (non-hydrogen) atoms. The van der Waals surface area contributed by atoms with Gasteiger partial charge in [-0.2, -0.15) is 0 Å². The zero-order valence-electron chi connectivity index (χ0n) is 12.9. The second-order valence-electron chi connectivity index (χ2n) is 5.70. The molecule has 0 amide bonds. The van der Waals surface area contributed by atoms with Crippen molar-refractivity contribution in [3.8, 4) is 5.75 Å². The predicted molar refractivity (Wildman–Crippen MR) is 87.6 cm³/mol. The van der Waals surface area contributed by atoms with Crippen LogP contribution in [0.3, 0.4) is 0 Å². The lowest BCUT2D eigenvalue weighted by Gasteiger charge is -2.18. The van der Waals surface area contributed by atoms with Crippen LogP contribution in [0.4, 0.5) is 5.82 Å². The highest BCUT2D eigenvalue weighted by Gasteiger charge is 2.27. The van der Waals surface area contributed by atoms with Crippen molar-refractivity contribution in [2.24, 2.45) is 0 Å². The van der Waals surface area contributed by atoms with Crippen LogP contribution in [0, 0.1) is 0 Å². The van der Waals surface area contributed by atoms with Gasteiger partial charge in [-0.1, -0.05) is 18.2 Å². The van der Waals surface area contributed by atoms with Gasteiger partial charge in [-0.3, -0.25) is 0 Å². The summed E-state index contributed by atoms with van der Waals surface area (Å²) in [5.41, 5.74) is 0.566. The van der Waals surface area contributed by atoms with E-state index in [-0.39, 0.29) is 11.8 Å². The first-order valence-corrected chi connectivity index (χ1v) is 7.74. The van der Waals surface area contributed by atoms with Gasteiger partial charge in [-0.05, 0) is 12.1 Å². The van der Waals surface area contributed by atoms with Gasteiger partial charge >= 0.3 is 5.97 Å². The Balaban J connectivity index is 1.56. The van der Waals surface area contributed by atoms with Gasteiger partial charge in [-0.25, -0.2) is 14.8 Å². The van der Waals surface area contributed by atoms with Crippen LogP contribution in [0.1, 0.15) is 16.9 Å². The molecule has 1 aliphatic rings. The fourth-order valence-electron chi connectivity index (χ4n) is 2.94. The summed E-state index contributed by atoms with van der Waals surface area (Å²) < 4.78 is 7.68. The number of benzene rings is 1. The Morgan fingerprint density at radius 2 is 2.12 bits per heavy atom. The Kier molecular flexibility index (Phi) is 3.53. The molecule has 0 saturated carbocycles. The summed E-state index contributed by atoms with van der Waals surface area (Å²) in [5.74, 6) is 0.491. The second kappa shape index (κ2) is 5.84. The predicted octanol–water partition coefficient (Wildman–Crippen LogP) is 2.09. The first-order chi connectivity index (χ1) is 11.7. The van der Waals surface area contributed by atoms with Crippen molar-refractivity contribution in [2.75, 3.05) is 18.0 Å². The largest absolute Gasteiger partial charge is 0.489 e. The molecule has 0 aliphatic carbocycles. The van der Waals surface area contributed by atoms with Crippen LogP contribution in [-0.2, 0) is 0 Å². The molecular weight excluding hydrogens is 308 g/mol. The lowest BCUT2D eigenvalue weighted by Crippen LogP contribution is -2.25. The zero-order chi connectivity index (χ0) is 16.5. The average molecular weight is 324 g/mol. The van der Waals surface area contributed by atoms with E-state index >= 15 is 0 Å². The van der Waals surface area contributed by atoms with Crippen LogP contribution in [0.25, 0.3) is 5.65 Å². The van der Waals surface area contributed by atoms with Gasteiger partial charge in [0.1, 0.15) is 11.9 Å². The molecule has 3 aromatic rings. The van der Waals surface area contributed by atoms with Gasteiger partial charge in [-0.15, -0.1) is 0 Å². The first kappa shape index (κ1) is 14.5. The summed E-state index contributed by atoms with van der Waals surface area (Å²) >= 11 is 0. The SMILES string of the molecule is O=C(O)c1cn2ccnc(N3CC[C@@H](Oc4ccccc4)C3)c2n1. The molecule has 1 N–H and O–H groups in total. The summed E-state index contributed by atoms with van der Waals surface area (Å²) in [6.45, 7) is 1.48. The van der Waals surface area contributed by atoms with E-state index in [4.69, 9.17) is 9.84 Å². The Morgan fingerprint density at radius 1 is 1.29 bits per heavy atom. The van der Waals surface area contributed by atoms with Crippen molar-refractivity contribution in [3.63, 3.8) is 0 Å². The molecule has 7 nitrogen and oxygen atoms in total. The average Bonchev–Trinajstić information content (AvgIpc) is 3.22. The Bertz CT molecular complexity index is 878. The number of fused-ring (bicyclic) bond motifs is 1. The number of carbonyl (C=O) groups is 1. The van der Waals surface area contributed by atoms with E-state index in [9.17, 15) is 4.79 Å². The third-order valence-corrected chi connectivity index (χ3v) is 4.07. The molecular formula is C17H16N4O3. The number of ether oxygens (including phenoxy) is 1. The van der Waals surface area contributed by atoms with Gasteiger partial charge < -0.3 is 19.1 Å². The maximum absolute atomic E-state index is 11.1. The van der Waals surface area contributed by atoms with Gasteiger partial charge in [0.05, 0.1) is 6.54 Å². The highest BCUT2D eigenvalue weighted by Crippen LogP contribution is 2.25. The van der Waals surface area contributed by atoms with Crippen LogP contribution >= 0.6 is 0 Å². The fraction of sp³-hybridized carbons (Fsp3) is 0.235. The molecule has 122 valence electrons. The quantitative estimate of drug-likeness (QED) is 0.791. The number of carboxylic acid groups (broad SMARTS) is 1. The molecule has 1 fully saturated rings. The maximum atomic E-state index is 11.1. The zero-order valence-corrected chi connectivity index (χ0v) is 12.9. The number of anilines is 1. The Hall–Kier alpha value is -3.09. The lowest BCUT2D eigenvalue weighted by molar-refractivity contribution is 0.0691. The van der Waals surface area contributed by atoms with E-state index in [1.807, 2.05) is 30.3 Å². The summed E-state index contributed by atoms with van der Waals surface area (Å²) in [4.78, 5) is 21.8. The number of carboxylic acids is 1.